The highest BCUT2D eigenvalue weighted by Crippen LogP contribution is 2.59. The molecule has 0 radical (unpaired) electrons. The van der Waals surface area contributed by atoms with E-state index in [9.17, 15) is 0 Å². The van der Waals surface area contributed by atoms with Gasteiger partial charge in [-0.15, -0.1) is 0 Å². The third kappa shape index (κ3) is 6.38. The summed E-state index contributed by atoms with van der Waals surface area (Å²) in [7, 11) is 0. The molecule has 2 nitrogen and oxygen atoms in total. The highest BCUT2D eigenvalue weighted by Gasteiger charge is 2.43. The van der Waals surface area contributed by atoms with E-state index >= 15 is 0 Å². The number of nitrogens with zero attached hydrogens (tertiary/aromatic N) is 2. The van der Waals surface area contributed by atoms with Gasteiger partial charge in [0.25, 0.3) is 0 Å². The summed E-state index contributed by atoms with van der Waals surface area (Å²) in [6, 6.07) is 51.2. The molecule has 2 aliphatic rings. The van der Waals surface area contributed by atoms with Crippen molar-refractivity contribution in [1.29, 1.82) is 0 Å². The molecule has 0 bridgehead atoms. The Morgan fingerprint density at radius 3 is 0.950 bits per heavy atom. The highest BCUT2D eigenvalue weighted by molar-refractivity contribution is 5.94. The summed E-state index contributed by atoms with van der Waals surface area (Å²) in [6.07, 6.45) is 0. The number of fused-ring (bicyclic) bond motifs is 6. The van der Waals surface area contributed by atoms with E-state index in [0.29, 0.717) is 11.8 Å². The van der Waals surface area contributed by atoms with E-state index in [-0.39, 0.29) is 10.8 Å². The second-order valence-corrected chi connectivity index (χ2v) is 19.4. The molecule has 0 amide bonds. The number of rotatable bonds is 8. The van der Waals surface area contributed by atoms with E-state index in [4.69, 9.17) is 0 Å². The highest BCUT2D eigenvalue weighted by atomic mass is 15.1. The quantitative estimate of drug-likeness (QED) is 0.151. The average Bonchev–Trinajstić information content (AvgIpc) is 3.58. The molecule has 0 saturated heterocycles. The first-order valence-electron chi connectivity index (χ1n) is 22.0. The lowest BCUT2D eigenvalue weighted by molar-refractivity contribution is 0.652. The molecular weight excluding hydrogens is 725 g/mol. The number of anilines is 6. The third-order valence-electron chi connectivity index (χ3n) is 13.8. The van der Waals surface area contributed by atoms with Gasteiger partial charge in [-0.25, -0.2) is 0 Å². The SMILES string of the molecule is Cc1ccc(N(c2ccc(C(C)C)cc2)c2cc(C)c3c(c2)C(C)(C)c2cc4c(cc2-3)C(C)(C)c2cc(N(c3ccc(C)cc3)c3ccc(C(C)C)cc3)cc(C)c2-4)cc1. The van der Waals surface area contributed by atoms with Gasteiger partial charge in [0.15, 0.2) is 0 Å². The molecule has 0 aromatic heterocycles. The van der Waals surface area contributed by atoms with E-state index in [0.717, 1.165) is 0 Å². The Morgan fingerprint density at radius 2 is 0.650 bits per heavy atom. The maximum absolute atomic E-state index is 2.56. The molecule has 0 atom stereocenters. The molecule has 7 aromatic rings. The summed E-state index contributed by atoms with van der Waals surface area (Å²) in [5, 5.41) is 0. The maximum atomic E-state index is 2.56. The molecule has 302 valence electrons. The van der Waals surface area contributed by atoms with Gasteiger partial charge in [-0.05, 0) is 191 Å². The number of hydrogen-bond donors (Lipinski definition) is 0. The predicted molar refractivity (Wildman–Crippen MR) is 258 cm³/mol. The van der Waals surface area contributed by atoms with Gasteiger partial charge in [0.1, 0.15) is 0 Å². The van der Waals surface area contributed by atoms with Crippen molar-refractivity contribution in [3.63, 3.8) is 0 Å². The molecule has 7 aromatic carbocycles. The predicted octanol–water partition coefficient (Wildman–Crippen LogP) is 16.7. The molecule has 9 rings (SSSR count). The molecule has 0 unspecified atom stereocenters. The van der Waals surface area contributed by atoms with Crippen LogP contribution in [-0.4, -0.2) is 0 Å². The van der Waals surface area contributed by atoms with E-state index in [1.807, 2.05) is 0 Å². The van der Waals surface area contributed by atoms with Crippen LogP contribution in [0.25, 0.3) is 22.3 Å². The number of hydrogen-bond acceptors (Lipinski definition) is 2. The second kappa shape index (κ2) is 14.4. The lowest BCUT2D eigenvalue weighted by Crippen LogP contribution is -2.18. The monoisotopic (exact) mass is 784 g/mol. The summed E-state index contributed by atoms with van der Waals surface area (Å²) in [5.74, 6) is 0.970. The van der Waals surface area contributed by atoms with Crippen LogP contribution in [0.15, 0.2) is 133 Å². The zero-order valence-corrected chi connectivity index (χ0v) is 37.8. The number of benzene rings is 7. The Morgan fingerprint density at radius 1 is 0.350 bits per heavy atom. The third-order valence-corrected chi connectivity index (χ3v) is 13.8. The maximum Gasteiger partial charge on any atom is 0.0467 e. The molecule has 0 fully saturated rings. The van der Waals surface area contributed by atoms with Crippen molar-refractivity contribution in [2.75, 3.05) is 9.80 Å². The summed E-state index contributed by atoms with van der Waals surface area (Å²) in [5.41, 5.74) is 25.8. The van der Waals surface area contributed by atoms with E-state index in [1.165, 1.54) is 112 Å². The summed E-state index contributed by atoms with van der Waals surface area (Å²) < 4.78 is 0. The largest absolute Gasteiger partial charge is 0.310 e. The Balaban J connectivity index is 1.16. The Bertz CT molecular complexity index is 2570. The molecular formula is C58H60N2. The van der Waals surface area contributed by atoms with Crippen LogP contribution >= 0.6 is 0 Å². The van der Waals surface area contributed by atoms with E-state index in [2.05, 4.69) is 226 Å². The van der Waals surface area contributed by atoms with Crippen molar-refractivity contribution in [2.45, 2.75) is 106 Å². The van der Waals surface area contributed by atoms with Crippen molar-refractivity contribution in [3.05, 3.63) is 189 Å². The zero-order valence-electron chi connectivity index (χ0n) is 37.8. The van der Waals surface area contributed by atoms with Gasteiger partial charge in [-0.2, -0.15) is 0 Å². The summed E-state index contributed by atoms with van der Waals surface area (Å²) >= 11 is 0. The molecule has 60 heavy (non-hydrogen) atoms. The fraction of sp³-hybridized carbons (Fsp3) is 0.276. The van der Waals surface area contributed by atoms with Gasteiger partial charge >= 0.3 is 0 Å². The van der Waals surface area contributed by atoms with Gasteiger partial charge in [0, 0.05) is 45.0 Å². The summed E-state index contributed by atoms with van der Waals surface area (Å²) in [6.45, 7) is 27.7. The normalized spacial score (nSPS) is 14.2. The van der Waals surface area contributed by atoms with Crippen LogP contribution in [-0.2, 0) is 10.8 Å². The minimum absolute atomic E-state index is 0.188. The Labute approximate surface area is 359 Å². The van der Waals surface area contributed by atoms with Gasteiger partial charge in [0.2, 0.25) is 0 Å². The van der Waals surface area contributed by atoms with Crippen molar-refractivity contribution in [2.24, 2.45) is 0 Å². The van der Waals surface area contributed by atoms with Gasteiger partial charge < -0.3 is 9.80 Å². The lowest BCUT2D eigenvalue weighted by atomic mass is 9.79. The lowest BCUT2D eigenvalue weighted by Gasteiger charge is -2.29. The smallest absolute Gasteiger partial charge is 0.0467 e. The van der Waals surface area contributed by atoms with Crippen molar-refractivity contribution >= 4 is 34.1 Å². The molecule has 0 heterocycles. The minimum Gasteiger partial charge on any atom is -0.310 e. The molecule has 0 N–H and O–H groups in total. The first-order valence-corrected chi connectivity index (χ1v) is 22.0. The topological polar surface area (TPSA) is 6.48 Å². The van der Waals surface area contributed by atoms with Gasteiger partial charge in [0.05, 0.1) is 0 Å². The van der Waals surface area contributed by atoms with Crippen LogP contribution in [0.2, 0.25) is 0 Å². The Kier molecular flexibility index (Phi) is 9.51. The molecule has 2 aliphatic carbocycles. The molecule has 0 aliphatic heterocycles. The van der Waals surface area contributed by atoms with Crippen LogP contribution in [0.1, 0.15) is 123 Å². The molecule has 0 spiro atoms. The van der Waals surface area contributed by atoms with Crippen LogP contribution < -0.4 is 9.80 Å². The van der Waals surface area contributed by atoms with Crippen molar-refractivity contribution in [1.82, 2.24) is 0 Å². The van der Waals surface area contributed by atoms with Crippen molar-refractivity contribution in [3.8, 4) is 22.3 Å². The van der Waals surface area contributed by atoms with Gasteiger partial charge in [-0.3, -0.25) is 0 Å². The fourth-order valence-corrected chi connectivity index (χ4v) is 10.1. The van der Waals surface area contributed by atoms with E-state index in [1.54, 1.807) is 0 Å². The first kappa shape index (κ1) is 39.6. The van der Waals surface area contributed by atoms with Crippen molar-refractivity contribution < 1.29 is 0 Å². The van der Waals surface area contributed by atoms with Crippen LogP contribution in [0.5, 0.6) is 0 Å². The van der Waals surface area contributed by atoms with E-state index < -0.39 is 0 Å². The Hall–Kier alpha value is -5.86. The van der Waals surface area contributed by atoms with Crippen LogP contribution in [0.3, 0.4) is 0 Å². The summed E-state index contributed by atoms with van der Waals surface area (Å²) in [4.78, 5) is 4.88. The second-order valence-electron chi connectivity index (χ2n) is 19.4. The first-order chi connectivity index (χ1) is 28.5. The van der Waals surface area contributed by atoms with Crippen LogP contribution in [0, 0.1) is 27.7 Å². The van der Waals surface area contributed by atoms with Crippen LogP contribution in [0.4, 0.5) is 34.1 Å². The fourth-order valence-electron chi connectivity index (χ4n) is 10.1. The minimum atomic E-state index is -0.188. The standard InChI is InChI=1S/C58H60N2/c1-35(2)41-17-25-45(26-18-41)59(43-21-13-37(5)14-22-43)47-29-39(7)55-49-33-52-50(34-51(49)57(9,10)53(55)31-47)56-40(8)30-48(32-54(56)58(52,11)12)60(44-23-15-38(6)16-24-44)46-27-19-42(20-28-46)36(3)4/h13-36H,1-12H3. The molecule has 0 saturated carbocycles. The molecule has 2 heteroatoms. The van der Waals surface area contributed by atoms with Gasteiger partial charge in [-0.1, -0.05) is 115 Å². The number of aryl methyl sites for hydroxylation is 4. The zero-order chi connectivity index (χ0) is 42.4. The average molecular weight is 785 g/mol.